The summed E-state index contributed by atoms with van der Waals surface area (Å²) in [6.07, 6.45) is 2.97. The zero-order valence-corrected chi connectivity index (χ0v) is 19.6. The Labute approximate surface area is 192 Å². The number of carbonyl (C=O) groups excluding carboxylic acids is 2. The second kappa shape index (κ2) is 9.18. The van der Waals surface area contributed by atoms with Crippen LogP contribution in [0.5, 0.6) is 0 Å². The standard InChI is InChI=1S/C22H27FN4O5S/c1-21(19(28)24-30,33(3,31)32)8-13-26-16-18-14-17(15-27(18)20(26)29)6-4-5-7-22(23)9-11-25(2)12-10-22/h14-15,30H,8-13,16H2,1-3H3,(H,24,28). The zero-order chi connectivity index (χ0) is 24.4. The smallest absolute Gasteiger partial charge is 0.318 e. The number of amides is 2. The normalized spacial score (nSPS) is 19.5. The van der Waals surface area contributed by atoms with Gasteiger partial charge in [-0.1, -0.05) is 5.92 Å². The number of halogens is 1. The van der Waals surface area contributed by atoms with Gasteiger partial charge in [0.15, 0.2) is 20.3 Å². The van der Waals surface area contributed by atoms with Crippen LogP contribution in [0.1, 0.15) is 37.4 Å². The maximum absolute atomic E-state index is 14.6. The minimum Gasteiger partial charge on any atom is -0.318 e. The van der Waals surface area contributed by atoms with E-state index >= 15 is 0 Å². The first-order chi connectivity index (χ1) is 15.4. The Kier molecular flexibility index (Phi) is 6.89. The number of sulfone groups is 1. The summed E-state index contributed by atoms with van der Waals surface area (Å²) in [6.45, 7) is 2.72. The van der Waals surface area contributed by atoms with E-state index in [4.69, 9.17) is 5.21 Å². The summed E-state index contributed by atoms with van der Waals surface area (Å²) in [4.78, 5) is 28.1. The molecule has 0 radical (unpaired) electrons. The second-order valence-corrected chi connectivity index (χ2v) is 11.2. The molecule has 2 aliphatic rings. The molecule has 0 bridgehead atoms. The van der Waals surface area contributed by atoms with Crippen LogP contribution in [0.3, 0.4) is 0 Å². The molecule has 0 aromatic carbocycles. The quantitative estimate of drug-likeness (QED) is 0.367. The average molecular weight is 479 g/mol. The molecular formula is C22H27FN4O5S. The van der Waals surface area contributed by atoms with Crippen molar-refractivity contribution in [2.24, 2.45) is 0 Å². The fourth-order valence-electron chi connectivity index (χ4n) is 3.75. The van der Waals surface area contributed by atoms with Crippen LogP contribution in [0.4, 0.5) is 9.18 Å². The van der Waals surface area contributed by atoms with Crippen LogP contribution in [-0.2, 0) is 21.2 Å². The maximum atomic E-state index is 14.6. The Morgan fingerprint density at radius 2 is 2.00 bits per heavy atom. The van der Waals surface area contributed by atoms with Crippen molar-refractivity contribution in [1.82, 2.24) is 19.8 Å². The number of carbonyl (C=O) groups is 2. The fraction of sp³-hybridized carbons (Fsp3) is 0.545. The van der Waals surface area contributed by atoms with E-state index in [2.05, 4.69) is 28.6 Å². The van der Waals surface area contributed by atoms with Crippen LogP contribution >= 0.6 is 0 Å². The SMILES string of the molecule is CN1CCC(F)(C#CC#Cc2cc3n(c2)C(=O)N(CCC(C)(C(=O)NO)S(C)(=O)=O)C3)CC1. The molecule has 33 heavy (non-hydrogen) atoms. The molecule has 0 aliphatic carbocycles. The second-order valence-electron chi connectivity index (χ2n) is 8.76. The van der Waals surface area contributed by atoms with E-state index < -0.39 is 26.2 Å². The molecule has 0 saturated carbocycles. The predicted molar refractivity (Wildman–Crippen MR) is 119 cm³/mol. The summed E-state index contributed by atoms with van der Waals surface area (Å²) in [5, 5.41) is 8.91. The molecule has 1 aromatic rings. The third kappa shape index (κ3) is 5.22. The number of piperidine rings is 1. The van der Waals surface area contributed by atoms with Crippen LogP contribution in [0.25, 0.3) is 0 Å². The largest absolute Gasteiger partial charge is 0.328 e. The number of hydroxylamine groups is 1. The molecule has 2 amide bonds. The van der Waals surface area contributed by atoms with Crippen molar-refractivity contribution in [3.63, 3.8) is 0 Å². The molecule has 9 nitrogen and oxygen atoms in total. The first kappa shape index (κ1) is 24.8. The van der Waals surface area contributed by atoms with Crippen molar-refractivity contribution in [3.8, 4) is 23.7 Å². The number of hydrogen-bond acceptors (Lipinski definition) is 6. The van der Waals surface area contributed by atoms with Gasteiger partial charge in [-0.3, -0.25) is 14.6 Å². The van der Waals surface area contributed by atoms with Gasteiger partial charge in [0, 0.05) is 56.2 Å². The topological polar surface area (TPSA) is 112 Å². The molecule has 11 heteroatoms. The molecule has 1 saturated heterocycles. The summed E-state index contributed by atoms with van der Waals surface area (Å²) in [6, 6.07) is 1.34. The fourth-order valence-corrected chi connectivity index (χ4v) is 4.59. The van der Waals surface area contributed by atoms with Gasteiger partial charge in [0.05, 0.1) is 6.54 Å². The van der Waals surface area contributed by atoms with Gasteiger partial charge in [-0.05, 0) is 44.2 Å². The molecule has 2 aliphatic heterocycles. The van der Waals surface area contributed by atoms with Crippen LogP contribution in [0.15, 0.2) is 12.3 Å². The molecule has 2 N–H and O–H groups in total. The number of nitrogens with zero attached hydrogens (tertiary/aromatic N) is 3. The highest BCUT2D eigenvalue weighted by Gasteiger charge is 2.44. The summed E-state index contributed by atoms with van der Waals surface area (Å²) in [5.41, 5.74) is 1.08. The van der Waals surface area contributed by atoms with Gasteiger partial charge >= 0.3 is 6.03 Å². The molecule has 1 aromatic heterocycles. The van der Waals surface area contributed by atoms with Gasteiger partial charge in [0.2, 0.25) is 0 Å². The monoisotopic (exact) mass is 478 g/mol. The highest BCUT2D eigenvalue weighted by Crippen LogP contribution is 2.26. The Balaban J connectivity index is 1.64. The molecule has 3 heterocycles. The van der Waals surface area contributed by atoms with Crippen molar-refractivity contribution in [3.05, 3.63) is 23.5 Å². The van der Waals surface area contributed by atoms with E-state index in [0.717, 1.165) is 6.26 Å². The van der Waals surface area contributed by atoms with Crippen molar-refractivity contribution in [2.45, 2.75) is 43.1 Å². The number of likely N-dealkylation sites (tertiary alicyclic amines) is 1. The maximum Gasteiger partial charge on any atom is 0.328 e. The van der Waals surface area contributed by atoms with Crippen LogP contribution in [0.2, 0.25) is 0 Å². The number of hydrogen-bond donors (Lipinski definition) is 2. The summed E-state index contributed by atoms with van der Waals surface area (Å²) in [5.74, 6) is 9.61. The molecule has 0 spiro atoms. The number of rotatable bonds is 5. The van der Waals surface area contributed by atoms with Gasteiger partial charge in [-0.25, -0.2) is 23.1 Å². The van der Waals surface area contributed by atoms with Crippen LogP contribution < -0.4 is 5.48 Å². The first-order valence-electron chi connectivity index (χ1n) is 10.4. The van der Waals surface area contributed by atoms with Crippen molar-refractivity contribution >= 4 is 21.8 Å². The number of nitrogens with one attached hydrogen (secondary N) is 1. The molecule has 178 valence electrons. The van der Waals surface area contributed by atoms with Gasteiger partial charge < -0.3 is 9.80 Å². The molecule has 1 fully saturated rings. The number of aromatic nitrogens is 1. The highest BCUT2D eigenvalue weighted by molar-refractivity contribution is 7.92. The van der Waals surface area contributed by atoms with Gasteiger partial charge in [-0.15, -0.1) is 0 Å². The number of fused-ring (bicyclic) bond motifs is 1. The molecular weight excluding hydrogens is 451 g/mol. The minimum atomic E-state index is -3.85. The third-order valence-electron chi connectivity index (χ3n) is 6.32. The number of alkyl halides is 1. The van der Waals surface area contributed by atoms with Gasteiger partial charge in [0.1, 0.15) is 0 Å². The molecule has 1 unspecified atom stereocenters. The van der Waals surface area contributed by atoms with E-state index in [1.54, 1.807) is 12.3 Å². The lowest BCUT2D eigenvalue weighted by Gasteiger charge is -2.30. The first-order valence-corrected chi connectivity index (χ1v) is 12.3. The lowest BCUT2D eigenvalue weighted by molar-refractivity contribution is -0.131. The van der Waals surface area contributed by atoms with Crippen molar-refractivity contribution in [2.75, 3.05) is 32.9 Å². The lowest BCUT2D eigenvalue weighted by Crippen LogP contribution is -2.50. The Hall–Kier alpha value is -2.86. The zero-order valence-electron chi connectivity index (χ0n) is 18.8. The van der Waals surface area contributed by atoms with Crippen molar-refractivity contribution in [1.29, 1.82) is 0 Å². The van der Waals surface area contributed by atoms with Gasteiger partial charge in [-0.2, -0.15) is 0 Å². The Morgan fingerprint density at radius 1 is 1.33 bits per heavy atom. The Bertz CT molecular complexity index is 1180. The highest BCUT2D eigenvalue weighted by atomic mass is 32.2. The van der Waals surface area contributed by atoms with E-state index in [9.17, 15) is 22.4 Å². The minimum absolute atomic E-state index is 0.00222. The van der Waals surface area contributed by atoms with Crippen LogP contribution in [0, 0.1) is 23.7 Å². The van der Waals surface area contributed by atoms with E-state index in [1.807, 2.05) is 7.05 Å². The average Bonchev–Trinajstić information content (AvgIpc) is 3.29. The third-order valence-corrected chi connectivity index (χ3v) is 8.35. The predicted octanol–water partition coefficient (Wildman–Crippen LogP) is 0.759. The summed E-state index contributed by atoms with van der Waals surface area (Å²) in [7, 11) is -1.91. The van der Waals surface area contributed by atoms with Crippen LogP contribution in [-0.4, -0.2) is 83.3 Å². The molecule has 3 rings (SSSR count). The summed E-state index contributed by atoms with van der Waals surface area (Å²) < 4.78 is 38.3. The van der Waals surface area contributed by atoms with E-state index in [0.29, 0.717) is 37.2 Å². The van der Waals surface area contributed by atoms with Crippen molar-refractivity contribution < 1.29 is 27.6 Å². The Morgan fingerprint density at radius 3 is 2.58 bits per heavy atom. The van der Waals surface area contributed by atoms with E-state index in [-0.39, 0.29) is 25.5 Å². The van der Waals surface area contributed by atoms with Gasteiger partial charge in [0.25, 0.3) is 5.91 Å². The molecule has 1 atom stereocenters. The summed E-state index contributed by atoms with van der Waals surface area (Å²) >= 11 is 0. The lowest BCUT2D eigenvalue weighted by atomic mass is 9.94. The van der Waals surface area contributed by atoms with E-state index in [1.165, 1.54) is 21.9 Å².